The lowest BCUT2D eigenvalue weighted by Gasteiger charge is -2.33. The maximum Gasteiger partial charge on any atom is 0.410 e. The van der Waals surface area contributed by atoms with Crippen LogP contribution in [0.1, 0.15) is 39.7 Å². The average Bonchev–Trinajstić information content (AvgIpc) is 3.23. The summed E-state index contributed by atoms with van der Waals surface area (Å²) in [5, 5.41) is 9.04. The SMILES string of the molecule is CC(C)(C)OC(=O)N1CCC(n2ccc(=O)c(-c3ccnn3-c3ccccc3)n2)CC1. The van der Waals surface area contributed by atoms with Gasteiger partial charge in [0.05, 0.1) is 23.6 Å². The molecule has 1 aromatic carbocycles. The number of ether oxygens (including phenoxy) is 1. The summed E-state index contributed by atoms with van der Waals surface area (Å²) in [5.41, 5.74) is 1.21. The van der Waals surface area contributed by atoms with E-state index in [4.69, 9.17) is 4.74 Å². The number of nitrogens with zero attached hydrogens (tertiary/aromatic N) is 5. The van der Waals surface area contributed by atoms with Crippen LogP contribution in [0, 0.1) is 0 Å². The molecular formula is C23H27N5O3. The summed E-state index contributed by atoms with van der Waals surface area (Å²) in [6.45, 7) is 6.77. The van der Waals surface area contributed by atoms with Crippen molar-refractivity contribution < 1.29 is 9.53 Å². The summed E-state index contributed by atoms with van der Waals surface area (Å²) >= 11 is 0. The van der Waals surface area contributed by atoms with Gasteiger partial charge in [0.15, 0.2) is 5.69 Å². The fraction of sp³-hybridized carbons (Fsp3) is 0.391. The number of carbonyl (C=O) groups excluding carboxylic acids is 1. The van der Waals surface area contributed by atoms with E-state index in [0.29, 0.717) is 24.5 Å². The predicted molar refractivity (Wildman–Crippen MR) is 117 cm³/mol. The van der Waals surface area contributed by atoms with Gasteiger partial charge in [-0.05, 0) is 51.8 Å². The largest absolute Gasteiger partial charge is 0.444 e. The topological polar surface area (TPSA) is 82.3 Å². The number of hydrogen-bond donors (Lipinski definition) is 0. The fourth-order valence-electron chi connectivity index (χ4n) is 3.70. The number of likely N-dealkylation sites (tertiary alicyclic amines) is 1. The maximum absolute atomic E-state index is 12.6. The number of para-hydroxylation sites is 1. The van der Waals surface area contributed by atoms with Crippen molar-refractivity contribution in [2.45, 2.75) is 45.3 Å². The number of rotatable bonds is 3. The van der Waals surface area contributed by atoms with Crippen LogP contribution >= 0.6 is 0 Å². The molecule has 0 bridgehead atoms. The zero-order valence-corrected chi connectivity index (χ0v) is 18.1. The molecule has 0 N–H and O–H groups in total. The highest BCUT2D eigenvalue weighted by molar-refractivity contribution is 5.68. The van der Waals surface area contributed by atoms with Crippen molar-refractivity contribution in [2.24, 2.45) is 0 Å². The predicted octanol–water partition coefficient (Wildman–Crippen LogP) is 3.67. The standard InChI is InChI=1S/C23H27N5O3/c1-23(2,3)31-22(30)26-14-10-17(11-15-26)27-16-12-20(29)21(25-27)19-9-13-24-28(19)18-7-5-4-6-8-18/h4-9,12-13,16-17H,10-11,14-15H2,1-3H3. The van der Waals surface area contributed by atoms with Gasteiger partial charge in [-0.2, -0.15) is 10.2 Å². The van der Waals surface area contributed by atoms with Gasteiger partial charge in [-0.1, -0.05) is 18.2 Å². The van der Waals surface area contributed by atoms with E-state index in [1.807, 2.05) is 55.8 Å². The highest BCUT2D eigenvalue weighted by Gasteiger charge is 2.28. The number of amides is 1. The molecule has 0 atom stereocenters. The van der Waals surface area contributed by atoms with E-state index in [9.17, 15) is 9.59 Å². The second-order valence-electron chi connectivity index (χ2n) is 8.67. The number of piperidine rings is 1. The Balaban J connectivity index is 1.54. The molecule has 3 heterocycles. The first-order valence-corrected chi connectivity index (χ1v) is 10.5. The van der Waals surface area contributed by atoms with Crippen LogP contribution in [0.5, 0.6) is 0 Å². The monoisotopic (exact) mass is 421 g/mol. The van der Waals surface area contributed by atoms with E-state index < -0.39 is 5.60 Å². The van der Waals surface area contributed by atoms with Gasteiger partial charge in [-0.15, -0.1) is 0 Å². The zero-order chi connectivity index (χ0) is 22.0. The maximum atomic E-state index is 12.6. The van der Waals surface area contributed by atoms with E-state index in [1.54, 1.807) is 34.1 Å². The van der Waals surface area contributed by atoms with Crippen LogP contribution in [0.2, 0.25) is 0 Å². The van der Waals surface area contributed by atoms with Gasteiger partial charge in [-0.25, -0.2) is 9.48 Å². The summed E-state index contributed by atoms with van der Waals surface area (Å²) in [4.78, 5) is 26.7. The molecule has 4 rings (SSSR count). The molecule has 31 heavy (non-hydrogen) atoms. The molecule has 0 aliphatic carbocycles. The molecule has 1 fully saturated rings. The minimum Gasteiger partial charge on any atom is -0.444 e. The van der Waals surface area contributed by atoms with Crippen molar-refractivity contribution >= 4 is 6.09 Å². The van der Waals surface area contributed by atoms with Crippen LogP contribution in [0.15, 0.2) is 59.7 Å². The van der Waals surface area contributed by atoms with E-state index in [-0.39, 0.29) is 17.6 Å². The van der Waals surface area contributed by atoms with Crippen molar-refractivity contribution in [3.05, 3.63) is 65.1 Å². The van der Waals surface area contributed by atoms with Gasteiger partial charge >= 0.3 is 6.09 Å². The molecule has 162 valence electrons. The van der Waals surface area contributed by atoms with Crippen LogP contribution in [0.4, 0.5) is 4.79 Å². The lowest BCUT2D eigenvalue weighted by molar-refractivity contribution is 0.0184. The number of benzene rings is 1. The van der Waals surface area contributed by atoms with E-state index in [0.717, 1.165) is 18.5 Å². The number of aromatic nitrogens is 4. The summed E-state index contributed by atoms with van der Waals surface area (Å²) in [5.74, 6) is 0. The Bertz CT molecular complexity index is 1110. The molecule has 0 unspecified atom stereocenters. The van der Waals surface area contributed by atoms with E-state index in [2.05, 4.69) is 10.2 Å². The molecule has 0 saturated carbocycles. The molecule has 1 saturated heterocycles. The molecular weight excluding hydrogens is 394 g/mol. The molecule has 1 aliphatic heterocycles. The summed E-state index contributed by atoms with van der Waals surface area (Å²) in [7, 11) is 0. The minimum absolute atomic E-state index is 0.103. The van der Waals surface area contributed by atoms with Crippen molar-refractivity contribution in [2.75, 3.05) is 13.1 Å². The average molecular weight is 422 g/mol. The Labute approximate surface area is 181 Å². The van der Waals surface area contributed by atoms with Crippen LogP contribution in [-0.2, 0) is 4.74 Å². The third kappa shape index (κ3) is 4.68. The van der Waals surface area contributed by atoms with Crippen LogP contribution < -0.4 is 5.43 Å². The first-order chi connectivity index (χ1) is 14.8. The Morgan fingerprint density at radius 2 is 1.77 bits per heavy atom. The molecule has 3 aromatic rings. The summed E-state index contributed by atoms with van der Waals surface area (Å²) in [6, 6.07) is 13.1. The molecule has 8 heteroatoms. The lowest BCUT2D eigenvalue weighted by Crippen LogP contribution is -2.42. The fourth-order valence-corrected chi connectivity index (χ4v) is 3.70. The van der Waals surface area contributed by atoms with Crippen molar-refractivity contribution in [3.8, 4) is 17.1 Å². The Morgan fingerprint density at radius 1 is 1.06 bits per heavy atom. The highest BCUT2D eigenvalue weighted by Crippen LogP contribution is 2.24. The Kier molecular flexibility index (Phi) is 5.63. The Morgan fingerprint density at radius 3 is 2.45 bits per heavy atom. The van der Waals surface area contributed by atoms with Crippen LogP contribution in [-0.4, -0.2) is 49.2 Å². The molecule has 8 nitrogen and oxygen atoms in total. The first-order valence-electron chi connectivity index (χ1n) is 10.5. The number of hydrogen-bond acceptors (Lipinski definition) is 5. The molecule has 2 aromatic heterocycles. The van der Waals surface area contributed by atoms with Crippen molar-refractivity contribution in [1.82, 2.24) is 24.5 Å². The first kappa shape index (κ1) is 20.8. The van der Waals surface area contributed by atoms with Gasteiger partial charge in [0.2, 0.25) is 5.43 Å². The van der Waals surface area contributed by atoms with Gasteiger partial charge in [0.25, 0.3) is 0 Å². The highest BCUT2D eigenvalue weighted by atomic mass is 16.6. The third-order valence-corrected chi connectivity index (χ3v) is 5.20. The quantitative estimate of drug-likeness (QED) is 0.644. The van der Waals surface area contributed by atoms with Gasteiger partial charge in [-0.3, -0.25) is 9.48 Å². The summed E-state index contributed by atoms with van der Waals surface area (Å²) < 4.78 is 9.03. The van der Waals surface area contributed by atoms with Gasteiger partial charge < -0.3 is 9.64 Å². The van der Waals surface area contributed by atoms with Crippen molar-refractivity contribution in [3.63, 3.8) is 0 Å². The smallest absolute Gasteiger partial charge is 0.410 e. The van der Waals surface area contributed by atoms with E-state index >= 15 is 0 Å². The zero-order valence-electron chi connectivity index (χ0n) is 18.1. The van der Waals surface area contributed by atoms with Crippen LogP contribution in [0.3, 0.4) is 0 Å². The van der Waals surface area contributed by atoms with E-state index in [1.165, 1.54) is 0 Å². The third-order valence-electron chi connectivity index (χ3n) is 5.20. The normalized spacial score (nSPS) is 15.1. The number of carbonyl (C=O) groups is 1. The van der Waals surface area contributed by atoms with Gasteiger partial charge in [0, 0.05) is 25.4 Å². The molecule has 0 radical (unpaired) electrons. The second kappa shape index (κ2) is 8.37. The van der Waals surface area contributed by atoms with Gasteiger partial charge in [0.1, 0.15) is 5.60 Å². The molecule has 1 amide bonds. The molecule has 1 aliphatic rings. The summed E-state index contributed by atoms with van der Waals surface area (Å²) in [6.07, 6.45) is 4.59. The minimum atomic E-state index is -0.509. The molecule has 0 spiro atoms. The van der Waals surface area contributed by atoms with Crippen LogP contribution in [0.25, 0.3) is 17.1 Å². The lowest BCUT2D eigenvalue weighted by atomic mass is 10.1. The Hall–Kier alpha value is -3.42. The second-order valence-corrected chi connectivity index (χ2v) is 8.67. The van der Waals surface area contributed by atoms with Crippen molar-refractivity contribution in [1.29, 1.82) is 0 Å².